The Kier molecular flexibility index (Phi) is 12.0. The fourth-order valence-electron chi connectivity index (χ4n) is 4.45. The Labute approximate surface area is 202 Å². The Bertz CT molecular complexity index is 788. The number of hydrogen-bond donors (Lipinski definition) is 3. The highest BCUT2D eigenvalue weighted by Crippen LogP contribution is 2.43. The van der Waals surface area contributed by atoms with E-state index in [1.165, 1.54) is 38.5 Å². The number of nitrogens with zero attached hydrogens (tertiary/aromatic N) is 1. The van der Waals surface area contributed by atoms with Crippen molar-refractivity contribution in [3.8, 4) is 11.5 Å². The summed E-state index contributed by atoms with van der Waals surface area (Å²) in [5.74, 6) is 2.15. The van der Waals surface area contributed by atoms with E-state index in [1.54, 1.807) is 32.9 Å². The standard InChI is InChI=1S/C29H47NO3/c1-20(2)12-9-13-21(3)14-10-15-22(4)16-11-18-29(7,33)19-17-25-23(5)28(32)26(30-8)24(6)27(25)31/h17,19-22,31-33H,9-16,18H2,1-7H3. The van der Waals surface area contributed by atoms with E-state index < -0.39 is 5.60 Å². The maximum atomic E-state index is 10.8. The SMILES string of the molecule is [C-]#[N+]c1c(C)c(O)c(C=CC(C)(O)CCCC(C)CCCC(C)CCCC(C)C)c(C)c1O. The molecule has 0 amide bonds. The molecule has 1 rings (SSSR count). The van der Waals surface area contributed by atoms with Crippen LogP contribution in [0.4, 0.5) is 5.69 Å². The molecule has 0 saturated carbocycles. The van der Waals surface area contributed by atoms with Gasteiger partial charge in [-0.25, -0.2) is 4.85 Å². The fourth-order valence-corrected chi connectivity index (χ4v) is 4.45. The van der Waals surface area contributed by atoms with Gasteiger partial charge < -0.3 is 15.3 Å². The van der Waals surface area contributed by atoms with Crippen LogP contribution in [-0.4, -0.2) is 20.9 Å². The Morgan fingerprint density at radius 1 is 0.848 bits per heavy atom. The lowest BCUT2D eigenvalue weighted by Gasteiger charge is -2.21. The fraction of sp³-hybridized carbons (Fsp3) is 0.690. The first-order valence-corrected chi connectivity index (χ1v) is 12.7. The van der Waals surface area contributed by atoms with Gasteiger partial charge in [-0.1, -0.05) is 91.2 Å². The van der Waals surface area contributed by atoms with Crippen LogP contribution < -0.4 is 0 Å². The molecule has 33 heavy (non-hydrogen) atoms. The van der Waals surface area contributed by atoms with Crippen LogP contribution in [0.2, 0.25) is 0 Å². The normalized spacial score (nSPS) is 15.5. The van der Waals surface area contributed by atoms with Crippen molar-refractivity contribution in [3.63, 3.8) is 0 Å². The maximum Gasteiger partial charge on any atom is 0.234 e. The average Bonchev–Trinajstić information content (AvgIpc) is 2.72. The minimum Gasteiger partial charge on any atom is -0.519 e. The van der Waals surface area contributed by atoms with Crippen molar-refractivity contribution < 1.29 is 15.3 Å². The Morgan fingerprint density at radius 2 is 1.36 bits per heavy atom. The van der Waals surface area contributed by atoms with Crippen LogP contribution in [0.5, 0.6) is 11.5 Å². The number of hydrogen-bond acceptors (Lipinski definition) is 3. The molecule has 0 aliphatic rings. The molecule has 1 aromatic carbocycles. The number of aliphatic hydroxyl groups is 1. The van der Waals surface area contributed by atoms with Gasteiger partial charge in [0.05, 0.1) is 12.2 Å². The third kappa shape index (κ3) is 9.80. The van der Waals surface area contributed by atoms with Crippen molar-refractivity contribution in [3.05, 3.63) is 34.2 Å². The van der Waals surface area contributed by atoms with Crippen molar-refractivity contribution in [2.45, 2.75) is 112 Å². The van der Waals surface area contributed by atoms with E-state index in [-0.39, 0.29) is 17.2 Å². The number of rotatable bonds is 14. The van der Waals surface area contributed by atoms with Gasteiger partial charge >= 0.3 is 0 Å². The summed E-state index contributed by atoms with van der Waals surface area (Å²) in [5.41, 5.74) is 0.339. The summed E-state index contributed by atoms with van der Waals surface area (Å²) in [4.78, 5) is 3.31. The van der Waals surface area contributed by atoms with Gasteiger partial charge in [-0.15, -0.1) is 0 Å². The van der Waals surface area contributed by atoms with E-state index in [9.17, 15) is 15.3 Å². The summed E-state index contributed by atoms with van der Waals surface area (Å²) in [6.07, 6.45) is 13.9. The summed E-state index contributed by atoms with van der Waals surface area (Å²) in [6, 6.07) is 0. The molecule has 3 N–H and O–H groups in total. The van der Waals surface area contributed by atoms with E-state index in [0.29, 0.717) is 29.0 Å². The van der Waals surface area contributed by atoms with Gasteiger partial charge in [0.25, 0.3) is 0 Å². The largest absolute Gasteiger partial charge is 0.519 e. The second-order valence-corrected chi connectivity index (χ2v) is 10.9. The molecule has 0 aliphatic carbocycles. The minimum absolute atomic E-state index is 0.0181. The molecule has 0 aliphatic heterocycles. The molecule has 0 spiro atoms. The highest BCUT2D eigenvalue weighted by molar-refractivity contribution is 5.77. The topological polar surface area (TPSA) is 65.0 Å². The molecule has 0 fully saturated rings. The highest BCUT2D eigenvalue weighted by atomic mass is 16.3. The van der Waals surface area contributed by atoms with E-state index in [0.717, 1.165) is 24.7 Å². The molecule has 0 heterocycles. The molecule has 3 atom stereocenters. The zero-order valence-electron chi connectivity index (χ0n) is 22.0. The molecule has 0 aromatic heterocycles. The zero-order valence-corrected chi connectivity index (χ0v) is 22.0. The van der Waals surface area contributed by atoms with E-state index in [4.69, 9.17) is 6.57 Å². The predicted molar refractivity (Wildman–Crippen MR) is 140 cm³/mol. The highest BCUT2D eigenvalue weighted by Gasteiger charge is 2.20. The van der Waals surface area contributed by atoms with Gasteiger partial charge in [0, 0.05) is 11.1 Å². The van der Waals surface area contributed by atoms with Crippen molar-refractivity contribution in [2.75, 3.05) is 0 Å². The van der Waals surface area contributed by atoms with E-state index in [1.807, 2.05) is 0 Å². The summed E-state index contributed by atoms with van der Waals surface area (Å²) in [5, 5.41) is 31.5. The molecular formula is C29H47NO3. The maximum absolute atomic E-state index is 10.8. The van der Waals surface area contributed by atoms with Crippen LogP contribution in [0.15, 0.2) is 6.08 Å². The Morgan fingerprint density at radius 3 is 1.88 bits per heavy atom. The molecular weight excluding hydrogens is 410 g/mol. The third-order valence-electron chi connectivity index (χ3n) is 6.92. The van der Waals surface area contributed by atoms with Gasteiger partial charge in [-0.2, -0.15) is 0 Å². The van der Waals surface area contributed by atoms with Crippen molar-refractivity contribution >= 4 is 11.8 Å². The Hall–Kier alpha value is -1.99. The monoisotopic (exact) mass is 457 g/mol. The summed E-state index contributed by atoms with van der Waals surface area (Å²) in [7, 11) is 0. The van der Waals surface area contributed by atoms with E-state index in [2.05, 4.69) is 32.5 Å². The lowest BCUT2D eigenvalue weighted by atomic mass is 9.90. The van der Waals surface area contributed by atoms with Crippen LogP contribution in [-0.2, 0) is 0 Å². The smallest absolute Gasteiger partial charge is 0.234 e. The van der Waals surface area contributed by atoms with Gasteiger partial charge in [0.15, 0.2) is 0 Å². The minimum atomic E-state index is -0.995. The molecule has 3 unspecified atom stereocenters. The molecule has 0 saturated heterocycles. The van der Waals surface area contributed by atoms with Crippen LogP contribution >= 0.6 is 0 Å². The Balaban J connectivity index is 2.50. The van der Waals surface area contributed by atoms with Crippen LogP contribution in [0.25, 0.3) is 10.9 Å². The average molecular weight is 458 g/mol. The number of aromatic hydroxyl groups is 2. The molecule has 0 radical (unpaired) electrons. The molecule has 0 bridgehead atoms. The first-order valence-electron chi connectivity index (χ1n) is 12.7. The molecule has 1 aromatic rings. The second-order valence-electron chi connectivity index (χ2n) is 10.9. The summed E-state index contributed by atoms with van der Waals surface area (Å²) in [6.45, 7) is 21.5. The molecule has 4 heteroatoms. The van der Waals surface area contributed by atoms with Gasteiger partial charge in [-0.3, -0.25) is 0 Å². The van der Waals surface area contributed by atoms with Gasteiger partial charge in [-0.05, 0) is 50.5 Å². The van der Waals surface area contributed by atoms with Crippen LogP contribution in [0.3, 0.4) is 0 Å². The first-order chi connectivity index (χ1) is 15.4. The van der Waals surface area contributed by atoms with Crippen molar-refractivity contribution in [2.24, 2.45) is 17.8 Å². The zero-order chi connectivity index (χ0) is 25.2. The first kappa shape index (κ1) is 29.0. The van der Waals surface area contributed by atoms with Crippen LogP contribution in [0.1, 0.15) is 109 Å². The summed E-state index contributed by atoms with van der Waals surface area (Å²) < 4.78 is 0. The number of benzene rings is 1. The van der Waals surface area contributed by atoms with Gasteiger partial charge in [0.1, 0.15) is 11.5 Å². The number of phenolic OH excluding ortho intramolecular Hbond substituents is 2. The third-order valence-corrected chi connectivity index (χ3v) is 6.92. The molecule has 186 valence electrons. The van der Waals surface area contributed by atoms with Crippen LogP contribution in [0, 0.1) is 38.2 Å². The van der Waals surface area contributed by atoms with Crippen molar-refractivity contribution in [1.29, 1.82) is 0 Å². The lowest BCUT2D eigenvalue weighted by molar-refractivity contribution is 0.0979. The quantitative estimate of drug-likeness (QED) is 0.194. The summed E-state index contributed by atoms with van der Waals surface area (Å²) >= 11 is 0. The second kappa shape index (κ2) is 13.7. The van der Waals surface area contributed by atoms with Crippen molar-refractivity contribution in [1.82, 2.24) is 0 Å². The lowest BCUT2D eigenvalue weighted by Crippen LogP contribution is -2.20. The van der Waals surface area contributed by atoms with Gasteiger partial charge in [0.2, 0.25) is 5.69 Å². The van der Waals surface area contributed by atoms with E-state index >= 15 is 0 Å². The predicted octanol–water partition coefficient (Wildman–Crippen LogP) is 8.47. The number of phenols is 2. The molecule has 4 nitrogen and oxygen atoms in total.